The van der Waals surface area contributed by atoms with Gasteiger partial charge >= 0.3 is 0 Å². The van der Waals surface area contributed by atoms with Crippen molar-refractivity contribution in [2.75, 3.05) is 7.11 Å². The Balaban J connectivity index is 2.86. The highest BCUT2D eigenvalue weighted by Gasteiger charge is 2.43. The van der Waals surface area contributed by atoms with Crippen LogP contribution in [0.1, 0.15) is 60.8 Å². The van der Waals surface area contributed by atoms with Crippen LogP contribution in [0.4, 0.5) is 0 Å². The van der Waals surface area contributed by atoms with Gasteiger partial charge in [0.1, 0.15) is 0 Å². The van der Waals surface area contributed by atoms with E-state index in [4.69, 9.17) is 4.74 Å². The van der Waals surface area contributed by atoms with Gasteiger partial charge in [0.2, 0.25) is 0 Å². The molecule has 1 aliphatic rings. The first-order valence-corrected chi connectivity index (χ1v) is 6.75. The first-order valence-electron chi connectivity index (χ1n) is 6.75. The number of methoxy groups -OCH3 is 1. The van der Waals surface area contributed by atoms with Crippen molar-refractivity contribution in [3.8, 4) is 0 Å². The van der Waals surface area contributed by atoms with Crippen LogP contribution in [0.2, 0.25) is 0 Å². The summed E-state index contributed by atoms with van der Waals surface area (Å²) in [5.74, 6) is 2.44. The number of ether oxygens (including phenoxy) is 1. The molecule has 3 unspecified atom stereocenters. The monoisotopic (exact) mass is 226 g/mol. The lowest BCUT2D eigenvalue weighted by Gasteiger charge is -2.49. The van der Waals surface area contributed by atoms with Crippen LogP contribution in [0, 0.1) is 23.2 Å². The van der Waals surface area contributed by atoms with E-state index in [1.54, 1.807) is 0 Å². The van der Waals surface area contributed by atoms with E-state index in [2.05, 4.69) is 41.5 Å². The van der Waals surface area contributed by atoms with Crippen LogP contribution in [0.3, 0.4) is 0 Å². The number of hydrogen-bond donors (Lipinski definition) is 0. The summed E-state index contributed by atoms with van der Waals surface area (Å²) in [4.78, 5) is 0. The van der Waals surface area contributed by atoms with Crippen LogP contribution >= 0.6 is 0 Å². The van der Waals surface area contributed by atoms with Gasteiger partial charge in [0.15, 0.2) is 0 Å². The van der Waals surface area contributed by atoms with Crippen molar-refractivity contribution in [3.63, 3.8) is 0 Å². The van der Waals surface area contributed by atoms with Crippen molar-refractivity contribution in [1.82, 2.24) is 0 Å². The molecular formula is C15H30O. The molecule has 96 valence electrons. The molecule has 0 bridgehead atoms. The van der Waals surface area contributed by atoms with Gasteiger partial charge < -0.3 is 4.74 Å². The zero-order chi connectivity index (χ0) is 12.6. The third-order valence-electron chi connectivity index (χ3n) is 4.64. The van der Waals surface area contributed by atoms with Gasteiger partial charge in [-0.3, -0.25) is 0 Å². The van der Waals surface area contributed by atoms with Crippen LogP contribution in [-0.2, 0) is 4.74 Å². The minimum absolute atomic E-state index is 0.114. The molecule has 1 fully saturated rings. The summed E-state index contributed by atoms with van der Waals surface area (Å²) < 4.78 is 5.73. The Bertz CT molecular complexity index is 226. The maximum atomic E-state index is 5.73. The molecule has 0 N–H and O–H groups in total. The third kappa shape index (κ3) is 3.00. The first-order chi connectivity index (χ1) is 7.19. The zero-order valence-corrected chi connectivity index (χ0v) is 12.3. The maximum absolute atomic E-state index is 5.73. The standard InChI is InChI=1S/C15H30O/c1-11(2)12-8-9-15(6,16-7)10-13(12)14(3,4)5/h11-13H,8-10H2,1-7H3. The Hall–Kier alpha value is -0.0400. The highest BCUT2D eigenvalue weighted by atomic mass is 16.5. The summed E-state index contributed by atoms with van der Waals surface area (Å²) in [7, 11) is 1.87. The van der Waals surface area contributed by atoms with E-state index >= 15 is 0 Å². The summed E-state index contributed by atoms with van der Waals surface area (Å²) in [6, 6.07) is 0. The molecule has 1 rings (SSSR count). The van der Waals surface area contributed by atoms with Crippen LogP contribution < -0.4 is 0 Å². The Kier molecular flexibility index (Phi) is 4.10. The van der Waals surface area contributed by atoms with Crippen molar-refractivity contribution in [2.24, 2.45) is 23.2 Å². The Morgan fingerprint density at radius 3 is 2.19 bits per heavy atom. The fourth-order valence-electron chi connectivity index (χ4n) is 3.32. The van der Waals surface area contributed by atoms with Crippen LogP contribution in [0.5, 0.6) is 0 Å². The lowest BCUT2D eigenvalue weighted by Crippen LogP contribution is -2.44. The summed E-state index contributed by atoms with van der Waals surface area (Å²) in [6.07, 6.45) is 3.76. The molecule has 0 aromatic heterocycles. The van der Waals surface area contributed by atoms with E-state index in [1.807, 2.05) is 7.11 Å². The molecule has 0 aromatic rings. The van der Waals surface area contributed by atoms with Gasteiger partial charge in [-0.05, 0) is 49.4 Å². The second-order valence-corrected chi connectivity index (χ2v) is 7.28. The molecule has 16 heavy (non-hydrogen) atoms. The third-order valence-corrected chi connectivity index (χ3v) is 4.64. The fraction of sp³-hybridized carbons (Fsp3) is 1.00. The van der Waals surface area contributed by atoms with Crippen LogP contribution in [0.15, 0.2) is 0 Å². The molecule has 1 aliphatic carbocycles. The van der Waals surface area contributed by atoms with Crippen molar-refractivity contribution in [2.45, 2.75) is 66.4 Å². The minimum Gasteiger partial charge on any atom is -0.379 e. The highest BCUT2D eigenvalue weighted by Crippen LogP contribution is 2.48. The molecule has 1 saturated carbocycles. The van der Waals surface area contributed by atoms with E-state index in [0.717, 1.165) is 17.8 Å². The van der Waals surface area contributed by atoms with Gasteiger partial charge in [-0.2, -0.15) is 0 Å². The number of hydrogen-bond acceptors (Lipinski definition) is 1. The van der Waals surface area contributed by atoms with Gasteiger partial charge in [0.05, 0.1) is 5.60 Å². The van der Waals surface area contributed by atoms with Crippen molar-refractivity contribution < 1.29 is 4.74 Å². The molecule has 0 spiro atoms. The van der Waals surface area contributed by atoms with Gasteiger partial charge in [-0.25, -0.2) is 0 Å². The summed E-state index contributed by atoms with van der Waals surface area (Å²) >= 11 is 0. The maximum Gasteiger partial charge on any atom is 0.0653 e. The second-order valence-electron chi connectivity index (χ2n) is 7.28. The zero-order valence-electron chi connectivity index (χ0n) is 12.3. The lowest BCUT2D eigenvalue weighted by molar-refractivity contribution is -0.0847. The highest BCUT2D eigenvalue weighted by molar-refractivity contribution is 4.94. The van der Waals surface area contributed by atoms with Gasteiger partial charge in [0.25, 0.3) is 0 Å². The first kappa shape index (κ1) is 14.0. The molecule has 1 nitrogen and oxygen atoms in total. The molecule has 1 heteroatoms. The lowest BCUT2D eigenvalue weighted by atomic mass is 9.60. The van der Waals surface area contributed by atoms with Gasteiger partial charge in [-0.15, -0.1) is 0 Å². The Morgan fingerprint density at radius 1 is 1.25 bits per heavy atom. The predicted octanol–water partition coefficient (Wildman–Crippen LogP) is 4.51. The minimum atomic E-state index is 0.114. The second kappa shape index (κ2) is 4.68. The van der Waals surface area contributed by atoms with Crippen LogP contribution in [-0.4, -0.2) is 12.7 Å². The normalized spacial score (nSPS) is 36.8. The van der Waals surface area contributed by atoms with Crippen LogP contribution in [0.25, 0.3) is 0 Å². The van der Waals surface area contributed by atoms with E-state index < -0.39 is 0 Å². The van der Waals surface area contributed by atoms with Gasteiger partial charge in [-0.1, -0.05) is 34.6 Å². The van der Waals surface area contributed by atoms with E-state index in [0.29, 0.717) is 5.41 Å². The molecule has 0 heterocycles. The van der Waals surface area contributed by atoms with Crippen molar-refractivity contribution in [3.05, 3.63) is 0 Å². The SMILES string of the molecule is COC1(C)CCC(C(C)C)C(C(C)(C)C)C1. The number of rotatable bonds is 2. The Labute approximate surface area is 102 Å². The quantitative estimate of drug-likeness (QED) is 0.673. The average Bonchev–Trinajstić information content (AvgIpc) is 2.16. The fourth-order valence-corrected chi connectivity index (χ4v) is 3.32. The Morgan fingerprint density at radius 2 is 1.81 bits per heavy atom. The smallest absolute Gasteiger partial charge is 0.0653 e. The molecule has 0 amide bonds. The topological polar surface area (TPSA) is 9.23 Å². The predicted molar refractivity (Wildman–Crippen MR) is 70.5 cm³/mol. The summed E-state index contributed by atoms with van der Waals surface area (Å²) in [5.41, 5.74) is 0.512. The van der Waals surface area contributed by atoms with E-state index in [1.165, 1.54) is 19.3 Å². The molecule has 3 atom stereocenters. The van der Waals surface area contributed by atoms with Crippen molar-refractivity contribution >= 4 is 0 Å². The van der Waals surface area contributed by atoms with Crippen molar-refractivity contribution in [1.29, 1.82) is 0 Å². The van der Waals surface area contributed by atoms with E-state index in [-0.39, 0.29) is 5.60 Å². The largest absolute Gasteiger partial charge is 0.379 e. The molecule has 0 aromatic carbocycles. The summed E-state index contributed by atoms with van der Waals surface area (Å²) in [5, 5.41) is 0. The summed E-state index contributed by atoms with van der Waals surface area (Å²) in [6.45, 7) is 14.2. The molecule has 0 saturated heterocycles. The van der Waals surface area contributed by atoms with E-state index in [9.17, 15) is 0 Å². The van der Waals surface area contributed by atoms with Gasteiger partial charge in [0, 0.05) is 7.11 Å². The molecule has 0 aliphatic heterocycles. The molecule has 0 radical (unpaired) electrons. The average molecular weight is 226 g/mol. The molecular weight excluding hydrogens is 196 g/mol.